The third-order valence-electron chi connectivity index (χ3n) is 4.26. The molecule has 2 rings (SSSR count). The summed E-state index contributed by atoms with van der Waals surface area (Å²) in [5.41, 5.74) is 6.62. The molecule has 21 heavy (non-hydrogen) atoms. The quantitative estimate of drug-likeness (QED) is 0.800. The molecule has 0 amide bonds. The lowest BCUT2D eigenvalue weighted by atomic mass is 9.73. The third kappa shape index (κ3) is 4.10. The normalized spacial score (nSPS) is 24.9. The largest absolute Gasteiger partial charge is 0.392 e. The Morgan fingerprint density at radius 1 is 1.24 bits per heavy atom. The van der Waals surface area contributed by atoms with Crippen LogP contribution in [-0.4, -0.2) is 12.2 Å². The van der Waals surface area contributed by atoms with E-state index in [1.165, 1.54) is 12.1 Å². The Kier molecular flexibility index (Phi) is 5.15. The number of rotatable bonds is 3. The van der Waals surface area contributed by atoms with E-state index in [0.29, 0.717) is 18.4 Å². The summed E-state index contributed by atoms with van der Waals surface area (Å²) in [4.78, 5) is 0. The highest BCUT2D eigenvalue weighted by molar-refractivity contribution is 6.31. The van der Waals surface area contributed by atoms with Gasteiger partial charge in [-0.05, 0) is 42.9 Å². The third-order valence-corrected chi connectivity index (χ3v) is 4.61. The van der Waals surface area contributed by atoms with Gasteiger partial charge in [-0.3, -0.25) is 0 Å². The van der Waals surface area contributed by atoms with Crippen molar-refractivity contribution in [3.63, 3.8) is 0 Å². The molecule has 2 N–H and O–H groups in total. The van der Waals surface area contributed by atoms with Crippen LogP contribution in [0.15, 0.2) is 18.2 Å². The van der Waals surface area contributed by atoms with Gasteiger partial charge in [0, 0.05) is 11.1 Å². The van der Waals surface area contributed by atoms with E-state index < -0.39 is 29.9 Å². The first kappa shape index (κ1) is 16.6. The lowest BCUT2D eigenvalue weighted by molar-refractivity contribution is -0.198. The molecule has 6 heteroatoms. The van der Waals surface area contributed by atoms with Crippen LogP contribution in [-0.2, 0) is 6.42 Å². The number of hydrogen-bond acceptors (Lipinski definition) is 1. The maximum Gasteiger partial charge on any atom is 0.392 e. The molecular formula is C15H18ClF4N. The SMILES string of the molecule is NC(Cc1ccc(F)cc1Cl)C1CCCCC1C(F)(F)F. The van der Waals surface area contributed by atoms with Gasteiger partial charge in [-0.2, -0.15) is 13.2 Å². The number of halogens is 5. The van der Waals surface area contributed by atoms with Gasteiger partial charge >= 0.3 is 6.18 Å². The van der Waals surface area contributed by atoms with E-state index >= 15 is 0 Å². The summed E-state index contributed by atoms with van der Waals surface area (Å²) in [5, 5.41) is 0.213. The molecule has 1 aromatic rings. The second kappa shape index (κ2) is 6.53. The van der Waals surface area contributed by atoms with Gasteiger partial charge in [0.05, 0.1) is 5.92 Å². The first-order valence-corrected chi connectivity index (χ1v) is 7.43. The molecule has 1 aliphatic carbocycles. The van der Waals surface area contributed by atoms with Gasteiger partial charge in [0.25, 0.3) is 0 Å². The van der Waals surface area contributed by atoms with Crippen molar-refractivity contribution in [1.29, 1.82) is 0 Å². The minimum absolute atomic E-state index is 0.138. The zero-order chi connectivity index (χ0) is 15.6. The van der Waals surface area contributed by atoms with E-state index in [9.17, 15) is 17.6 Å². The zero-order valence-electron chi connectivity index (χ0n) is 11.5. The molecule has 0 saturated heterocycles. The lowest BCUT2D eigenvalue weighted by Crippen LogP contribution is -2.44. The highest BCUT2D eigenvalue weighted by Crippen LogP contribution is 2.43. The highest BCUT2D eigenvalue weighted by Gasteiger charge is 2.47. The lowest BCUT2D eigenvalue weighted by Gasteiger charge is -2.36. The zero-order valence-corrected chi connectivity index (χ0v) is 12.2. The molecule has 1 aliphatic rings. The number of hydrogen-bond donors (Lipinski definition) is 1. The average Bonchev–Trinajstić information content (AvgIpc) is 2.41. The molecule has 3 unspecified atom stereocenters. The highest BCUT2D eigenvalue weighted by atomic mass is 35.5. The summed E-state index contributed by atoms with van der Waals surface area (Å²) in [7, 11) is 0. The Bertz CT molecular complexity index is 489. The van der Waals surface area contributed by atoms with Crippen molar-refractivity contribution in [2.75, 3.05) is 0 Å². The maximum atomic E-state index is 13.1. The van der Waals surface area contributed by atoms with E-state index in [0.717, 1.165) is 12.5 Å². The molecule has 0 bridgehead atoms. The first-order valence-electron chi connectivity index (χ1n) is 7.05. The molecule has 0 radical (unpaired) electrons. The second-order valence-corrected chi connectivity index (χ2v) is 6.11. The smallest absolute Gasteiger partial charge is 0.327 e. The molecule has 0 aromatic heterocycles. The Balaban J connectivity index is 2.12. The van der Waals surface area contributed by atoms with Crippen LogP contribution in [0.25, 0.3) is 0 Å². The van der Waals surface area contributed by atoms with Gasteiger partial charge in [-0.1, -0.05) is 30.5 Å². The van der Waals surface area contributed by atoms with Crippen LogP contribution in [0.1, 0.15) is 31.2 Å². The van der Waals surface area contributed by atoms with Gasteiger partial charge in [-0.15, -0.1) is 0 Å². The minimum Gasteiger partial charge on any atom is -0.327 e. The fraction of sp³-hybridized carbons (Fsp3) is 0.600. The van der Waals surface area contributed by atoms with Crippen LogP contribution in [0, 0.1) is 17.7 Å². The molecule has 1 aromatic carbocycles. The van der Waals surface area contributed by atoms with Crippen LogP contribution in [0.5, 0.6) is 0 Å². The maximum absolute atomic E-state index is 13.1. The molecule has 1 nitrogen and oxygen atoms in total. The van der Waals surface area contributed by atoms with Crippen LogP contribution in [0.3, 0.4) is 0 Å². The summed E-state index contributed by atoms with van der Waals surface area (Å²) >= 11 is 5.92. The van der Waals surface area contributed by atoms with Gasteiger partial charge in [-0.25, -0.2) is 4.39 Å². The Morgan fingerprint density at radius 3 is 2.52 bits per heavy atom. The molecule has 0 heterocycles. The van der Waals surface area contributed by atoms with Gasteiger partial charge in [0.2, 0.25) is 0 Å². The summed E-state index contributed by atoms with van der Waals surface area (Å²) in [6.07, 6.45) is -2.01. The Hall–Kier alpha value is -0.810. The van der Waals surface area contributed by atoms with E-state index in [-0.39, 0.29) is 17.9 Å². The number of nitrogens with two attached hydrogens (primary N) is 1. The van der Waals surface area contributed by atoms with Crippen LogP contribution in [0.4, 0.5) is 17.6 Å². The summed E-state index contributed by atoms with van der Waals surface area (Å²) in [5.74, 6) is -2.41. The van der Waals surface area contributed by atoms with Gasteiger partial charge < -0.3 is 5.73 Å². The van der Waals surface area contributed by atoms with Crippen LogP contribution in [0.2, 0.25) is 5.02 Å². The molecule has 0 spiro atoms. The van der Waals surface area contributed by atoms with E-state index in [1.54, 1.807) is 0 Å². The van der Waals surface area contributed by atoms with Crippen molar-refractivity contribution in [3.05, 3.63) is 34.6 Å². The van der Waals surface area contributed by atoms with E-state index in [1.807, 2.05) is 0 Å². The summed E-state index contributed by atoms with van der Waals surface area (Å²) in [6.45, 7) is 0. The summed E-state index contributed by atoms with van der Waals surface area (Å²) in [6, 6.07) is 3.27. The van der Waals surface area contributed by atoms with Crippen molar-refractivity contribution < 1.29 is 17.6 Å². The fourth-order valence-electron chi connectivity index (χ4n) is 3.17. The van der Waals surface area contributed by atoms with Crippen LogP contribution < -0.4 is 5.73 Å². The van der Waals surface area contributed by atoms with Crippen molar-refractivity contribution in [2.24, 2.45) is 17.6 Å². The molecule has 1 saturated carbocycles. The summed E-state index contributed by atoms with van der Waals surface area (Å²) < 4.78 is 52.3. The van der Waals surface area contributed by atoms with Gasteiger partial charge in [0.15, 0.2) is 0 Å². The Labute approximate surface area is 126 Å². The first-order chi connectivity index (χ1) is 9.79. The van der Waals surface area contributed by atoms with Gasteiger partial charge in [0.1, 0.15) is 5.82 Å². The number of benzene rings is 1. The molecule has 118 valence electrons. The predicted molar refractivity (Wildman–Crippen MR) is 74.6 cm³/mol. The van der Waals surface area contributed by atoms with Crippen molar-refractivity contribution in [2.45, 2.75) is 44.3 Å². The van der Waals surface area contributed by atoms with E-state index in [2.05, 4.69) is 0 Å². The molecule has 1 fully saturated rings. The average molecular weight is 324 g/mol. The van der Waals surface area contributed by atoms with Crippen molar-refractivity contribution in [1.82, 2.24) is 0 Å². The molecule has 0 aliphatic heterocycles. The Morgan fingerprint density at radius 2 is 1.90 bits per heavy atom. The second-order valence-electron chi connectivity index (χ2n) is 5.70. The monoisotopic (exact) mass is 323 g/mol. The fourth-order valence-corrected chi connectivity index (χ4v) is 3.42. The topological polar surface area (TPSA) is 26.0 Å². The van der Waals surface area contributed by atoms with E-state index in [4.69, 9.17) is 17.3 Å². The number of alkyl halides is 3. The van der Waals surface area contributed by atoms with Crippen molar-refractivity contribution in [3.8, 4) is 0 Å². The molecule has 3 atom stereocenters. The standard InChI is InChI=1S/C15H18ClF4N/c16-13-8-10(17)6-5-9(13)7-14(21)11-3-1-2-4-12(11)15(18,19)20/h5-6,8,11-12,14H,1-4,7,21H2. The molecular weight excluding hydrogens is 306 g/mol. The van der Waals surface area contributed by atoms with Crippen LogP contribution >= 0.6 is 11.6 Å². The predicted octanol–water partition coefficient (Wildman–Crippen LogP) is 4.72. The minimum atomic E-state index is -4.21. The van der Waals surface area contributed by atoms with Crippen molar-refractivity contribution >= 4 is 11.6 Å².